The Morgan fingerprint density at radius 1 is 1.50 bits per heavy atom. The van der Waals surface area contributed by atoms with Gasteiger partial charge >= 0.3 is 0 Å². The zero-order valence-electron chi connectivity index (χ0n) is 9.13. The molecular weight excluding hydrogens is 206 g/mol. The Kier molecular flexibility index (Phi) is 2.38. The summed E-state index contributed by atoms with van der Waals surface area (Å²) in [5.74, 6) is 1.97. The maximum atomic E-state index is 11.9. The van der Waals surface area contributed by atoms with Gasteiger partial charge in [-0.2, -0.15) is 4.98 Å². The third kappa shape index (κ3) is 1.94. The standard InChI is InChI=1S/C11H15N3O2/c15-10(5-8-1-2-8)14-4-3-9(6-14)11-12-7-16-13-11/h7-9H,1-6H2/t9-/m1/s1. The molecule has 1 aromatic heterocycles. The summed E-state index contributed by atoms with van der Waals surface area (Å²) in [6, 6.07) is 0. The van der Waals surface area contributed by atoms with Gasteiger partial charge in [0.25, 0.3) is 0 Å². The molecule has 1 saturated heterocycles. The number of nitrogens with zero attached hydrogens (tertiary/aromatic N) is 3. The lowest BCUT2D eigenvalue weighted by Crippen LogP contribution is -2.28. The van der Waals surface area contributed by atoms with Gasteiger partial charge in [-0.3, -0.25) is 4.79 Å². The molecule has 5 nitrogen and oxygen atoms in total. The number of hydrogen-bond donors (Lipinski definition) is 0. The monoisotopic (exact) mass is 221 g/mol. The molecule has 0 spiro atoms. The van der Waals surface area contributed by atoms with Crippen molar-refractivity contribution in [1.29, 1.82) is 0 Å². The van der Waals surface area contributed by atoms with E-state index >= 15 is 0 Å². The van der Waals surface area contributed by atoms with E-state index in [1.807, 2.05) is 4.90 Å². The Bertz CT molecular complexity index is 373. The van der Waals surface area contributed by atoms with Crippen LogP contribution in [0.15, 0.2) is 10.9 Å². The fourth-order valence-corrected chi connectivity index (χ4v) is 2.25. The van der Waals surface area contributed by atoms with Crippen molar-refractivity contribution in [3.05, 3.63) is 12.2 Å². The van der Waals surface area contributed by atoms with Gasteiger partial charge in [0, 0.05) is 25.4 Å². The van der Waals surface area contributed by atoms with Crippen LogP contribution in [0.3, 0.4) is 0 Å². The molecule has 0 unspecified atom stereocenters. The van der Waals surface area contributed by atoms with Gasteiger partial charge in [0.05, 0.1) is 0 Å². The van der Waals surface area contributed by atoms with Crippen LogP contribution in [0.25, 0.3) is 0 Å². The number of carbonyl (C=O) groups excluding carboxylic acids is 1. The first kappa shape index (κ1) is 9.81. The lowest BCUT2D eigenvalue weighted by Gasteiger charge is -2.15. The molecule has 2 aliphatic rings. The van der Waals surface area contributed by atoms with Gasteiger partial charge in [-0.1, -0.05) is 5.16 Å². The Morgan fingerprint density at radius 3 is 3.06 bits per heavy atom. The second-order valence-electron chi connectivity index (χ2n) is 4.76. The average molecular weight is 221 g/mol. The summed E-state index contributed by atoms with van der Waals surface area (Å²) in [7, 11) is 0. The molecule has 5 heteroatoms. The maximum absolute atomic E-state index is 11.9. The van der Waals surface area contributed by atoms with Gasteiger partial charge in [0.1, 0.15) is 0 Å². The number of carbonyl (C=O) groups is 1. The number of hydrogen-bond acceptors (Lipinski definition) is 4. The highest BCUT2D eigenvalue weighted by Crippen LogP contribution is 2.34. The molecule has 3 rings (SSSR count). The van der Waals surface area contributed by atoms with Crippen LogP contribution in [-0.4, -0.2) is 34.0 Å². The van der Waals surface area contributed by atoms with E-state index in [4.69, 9.17) is 4.52 Å². The third-order valence-electron chi connectivity index (χ3n) is 3.44. The normalized spacial score (nSPS) is 25.0. The van der Waals surface area contributed by atoms with Crippen LogP contribution < -0.4 is 0 Å². The Hall–Kier alpha value is -1.39. The molecule has 1 aromatic rings. The molecule has 0 bridgehead atoms. The Labute approximate surface area is 93.8 Å². The molecular formula is C11H15N3O2. The van der Waals surface area contributed by atoms with Crippen LogP contribution in [-0.2, 0) is 4.79 Å². The Morgan fingerprint density at radius 2 is 2.38 bits per heavy atom. The summed E-state index contributed by atoms with van der Waals surface area (Å²) in [5.41, 5.74) is 0. The van der Waals surface area contributed by atoms with Crippen molar-refractivity contribution < 1.29 is 9.32 Å². The van der Waals surface area contributed by atoms with E-state index in [0.717, 1.165) is 31.8 Å². The molecule has 0 N–H and O–H groups in total. The van der Waals surface area contributed by atoms with E-state index in [0.29, 0.717) is 11.8 Å². The SMILES string of the molecule is O=C(CC1CC1)N1CC[C@@H](c2ncon2)C1. The quantitative estimate of drug-likeness (QED) is 0.769. The van der Waals surface area contributed by atoms with Gasteiger partial charge in [-0.05, 0) is 25.2 Å². The summed E-state index contributed by atoms with van der Waals surface area (Å²) in [6.45, 7) is 1.59. The first-order valence-electron chi connectivity index (χ1n) is 5.87. The number of amides is 1. The largest absolute Gasteiger partial charge is 0.343 e. The minimum Gasteiger partial charge on any atom is -0.343 e. The zero-order chi connectivity index (χ0) is 11.0. The fourth-order valence-electron chi connectivity index (χ4n) is 2.25. The van der Waals surface area contributed by atoms with Gasteiger partial charge in [0.15, 0.2) is 5.82 Å². The van der Waals surface area contributed by atoms with Crippen molar-refractivity contribution in [3.63, 3.8) is 0 Å². The van der Waals surface area contributed by atoms with Gasteiger partial charge in [-0.15, -0.1) is 0 Å². The summed E-state index contributed by atoms with van der Waals surface area (Å²) < 4.78 is 4.73. The highest BCUT2D eigenvalue weighted by molar-refractivity contribution is 5.77. The number of aromatic nitrogens is 2. The minimum absolute atomic E-state index is 0.266. The maximum Gasteiger partial charge on any atom is 0.222 e. The molecule has 1 saturated carbocycles. The van der Waals surface area contributed by atoms with Crippen LogP contribution in [0.5, 0.6) is 0 Å². The minimum atomic E-state index is 0.266. The second-order valence-corrected chi connectivity index (χ2v) is 4.76. The van der Waals surface area contributed by atoms with Crippen molar-refractivity contribution in [1.82, 2.24) is 15.0 Å². The smallest absolute Gasteiger partial charge is 0.222 e. The van der Waals surface area contributed by atoms with Crippen molar-refractivity contribution >= 4 is 5.91 Å². The van der Waals surface area contributed by atoms with E-state index in [1.54, 1.807) is 0 Å². The predicted octanol–water partition coefficient (Wildman–Crippen LogP) is 1.19. The first-order valence-corrected chi connectivity index (χ1v) is 5.87. The Balaban J connectivity index is 1.57. The first-order chi connectivity index (χ1) is 7.83. The van der Waals surface area contributed by atoms with E-state index in [9.17, 15) is 4.79 Å². The van der Waals surface area contributed by atoms with Gasteiger partial charge < -0.3 is 9.42 Å². The number of rotatable bonds is 3. The zero-order valence-corrected chi connectivity index (χ0v) is 9.13. The van der Waals surface area contributed by atoms with Crippen LogP contribution in [0, 0.1) is 5.92 Å². The molecule has 0 aromatic carbocycles. The number of likely N-dealkylation sites (tertiary alicyclic amines) is 1. The van der Waals surface area contributed by atoms with Crippen molar-refractivity contribution in [2.45, 2.75) is 31.6 Å². The molecule has 0 radical (unpaired) electrons. The predicted molar refractivity (Wildman–Crippen MR) is 55.6 cm³/mol. The summed E-state index contributed by atoms with van der Waals surface area (Å²) in [4.78, 5) is 17.9. The summed E-state index contributed by atoms with van der Waals surface area (Å²) >= 11 is 0. The fraction of sp³-hybridized carbons (Fsp3) is 0.727. The molecule has 2 fully saturated rings. The summed E-state index contributed by atoms with van der Waals surface area (Å²) in [5, 5.41) is 3.84. The van der Waals surface area contributed by atoms with Crippen LogP contribution in [0.1, 0.15) is 37.4 Å². The average Bonchev–Trinajstić information content (AvgIpc) is 2.84. The van der Waals surface area contributed by atoms with Crippen LogP contribution >= 0.6 is 0 Å². The second kappa shape index (κ2) is 3.88. The van der Waals surface area contributed by atoms with E-state index in [-0.39, 0.29) is 5.92 Å². The molecule has 1 aliphatic heterocycles. The van der Waals surface area contributed by atoms with E-state index in [1.165, 1.54) is 19.2 Å². The lowest BCUT2D eigenvalue weighted by atomic mass is 10.1. The molecule has 16 heavy (non-hydrogen) atoms. The van der Waals surface area contributed by atoms with Crippen molar-refractivity contribution in [2.75, 3.05) is 13.1 Å². The van der Waals surface area contributed by atoms with Crippen LogP contribution in [0.4, 0.5) is 0 Å². The third-order valence-corrected chi connectivity index (χ3v) is 3.44. The highest BCUT2D eigenvalue weighted by Gasteiger charge is 2.32. The highest BCUT2D eigenvalue weighted by atomic mass is 16.5. The summed E-state index contributed by atoms with van der Waals surface area (Å²) in [6.07, 6.45) is 5.50. The van der Waals surface area contributed by atoms with Crippen LogP contribution in [0.2, 0.25) is 0 Å². The molecule has 1 amide bonds. The molecule has 86 valence electrons. The van der Waals surface area contributed by atoms with E-state index in [2.05, 4.69) is 10.1 Å². The van der Waals surface area contributed by atoms with Crippen molar-refractivity contribution in [2.24, 2.45) is 5.92 Å². The van der Waals surface area contributed by atoms with E-state index < -0.39 is 0 Å². The molecule has 1 aliphatic carbocycles. The topological polar surface area (TPSA) is 59.2 Å². The van der Waals surface area contributed by atoms with Gasteiger partial charge in [0.2, 0.25) is 12.3 Å². The van der Waals surface area contributed by atoms with Gasteiger partial charge in [-0.25, -0.2) is 0 Å². The molecule has 2 heterocycles. The van der Waals surface area contributed by atoms with Crippen molar-refractivity contribution in [3.8, 4) is 0 Å². The lowest BCUT2D eigenvalue weighted by molar-refractivity contribution is -0.130. The molecule has 1 atom stereocenters.